The Bertz CT molecular complexity index is 841. The van der Waals surface area contributed by atoms with Crippen LogP contribution in [0.25, 0.3) is 0 Å². The van der Waals surface area contributed by atoms with Crippen LogP contribution in [0.2, 0.25) is 0 Å². The summed E-state index contributed by atoms with van der Waals surface area (Å²) in [5, 5.41) is 23.0. The fourth-order valence-corrected chi connectivity index (χ4v) is 4.64. The fraction of sp³-hybridized carbons (Fsp3) is 0.478. The second-order valence-corrected chi connectivity index (χ2v) is 8.17. The van der Waals surface area contributed by atoms with Gasteiger partial charge >= 0.3 is 0 Å². The predicted molar refractivity (Wildman–Crippen MR) is 114 cm³/mol. The molecule has 1 saturated carbocycles. The van der Waals surface area contributed by atoms with E-state index in [1.807, 2.05) is 47.4 Å². The topological polar surface area (TPSA) is 92.8 Å². The predicted octanol–water partition coefficient (Wildman–Crippen LogP) is 2.53. The lowest BCUT2D eigenvalue weighted by molar-refractivity contribution is -0.160. The highest BCUT2D eigenvalue weighted by Crippen LogP contribution is 2.42. The number of aliphatic hydroxyl groups is 1. The summed E-state index contributed by atoms with van der Waals surface area (Å²) in [6.07, 6.45) is 5.47. The smallest absolute Gasteiger partial charge is 0.259 e. The molecular weight excluding hydrogens is 380 g/mol. The van der Waals surface area contributed by atoms with E-state index in [2.05, 4.69) is 5.32 Å². The molecule has 0 bridgehead atoms. The van der Waals surface area contributed by atoms with E-state index < -0.39 is 5.60 Å². The lowest BCUT2D eigenvalue weighted by Gasteiger charge is -2.42. The van der Waals surface area contributed by atoms with Crippen molar-refractivity contribution in [1.29, 1.82) is 5.41 Å². The van der Waals surface area contributed by atoms with Crippen LogP contribution in [0, 0.1) is 11.3 Å². The minimum atomic E-state index is -1.47. The Morgan fingerprint density at radius 1 is 1.07 bits per heavy atom. The Kier molecular flexibility index (Phi) is 6.08. The van der Waals surface area contributed by atoms with E-state index in [9.17, 15) is 9.90 Å². The molecule has 1 atom stereocenters. The summed E-state index contributed by atoms with van der Waals surface area (Å²) in [4.78, 5) is 17.2. The zero-order valence-corrected chi connectivity index (χ0v) is 17.2. The van der Waals surface area contributed by atoms with Gasteiger partial charge in [0.25, 0.3) is 5.91 Å². The molecule has 1 unspecified atom stereocenters. The SMILES string of the molecule is N=C(NCc1ccco1)N1CCN(C(=O)C(O)(c2ccccc2)C2CCCC2)CC1. The third-order valence-corrected chi connectivity index (χ3v) is 6.38. The highest BCUT2D eigenvalue weighted by Gasteiger charge is 2.48. The van der Waals surface area contributed by atoms with E-state index in [4.69, 9.17) is 9.83 Å². The van der Waals surface area contributed by atoms with Gasteiger partial charge in [0.05, 0.1) is 12.8 Å². The minimum absolute atomic E-state index is 0.0429. The van der Waals surface area contributed by atoms with E-state index in [-0.39, 0.29) is 11.8 Å². The number of nitrogens with zero attached hydrogens (tertiary/aromatic N) is 2. The van der Waals surface area contributed by atoms with Gasteiger partial charge in [-0.1, -0.05) is 43.2 Å². The van der Waals surface area contributed by atoms with Crippen molar-refractivity contribution in [3.63, 3.8) is 0 Å². The number of amides is 1. The van der Waals surface area contributed by atoms with Gasteiger partial charge in [0.1, 0.15) is 5.76 Å². The zero-order valence-electron chi connectivity index (χ0n) is 17.2. The van der Waals surface area contributed by atoms with Gasteiger partial charge in [-0.2, -0.15) is 0 Å². The van der Waals surface area contributed by atoms with Crippen LogP contribution in [0.3, 0.4) is 0 Å². The van der Waals surface area contributed by atoms with Gasteiger partial charge in [0, 0.05) is 32.1 Å². The maximum Gasteiger partial charge on any atom is 0.259 e. The first kappa shape index (κ1) is 20.5. The van der Waals surface area contributed by atoms with Crippen LogP contribution in [0.4, 0.5) is 0 Å². The second kappa shape index (κ2) is 8.92. The number of guanidine groups is 1. The van der Waals surface area contributed by atoms with Gasteiger partial charge in [-0.05, 0) is 30.5 Å². The quantitative estimate of drug-likeness (QED) is 0.520. The van der Waals surface area contributed by atoms with E-state index >= 15 is 0 Å². The molecule has 1 aliphatic carbocycles. The number of furan rings is 1. The molecule has 1 aromatic carbocycles. The van der Waals surface area contributed by atoms with Crippen molar-refractivity contribution in [1.82, 2.24) is 15.1 Å². The molecule has 1 aromatic heterocycles. The number of piperazine rings is 1. The van der Waals surface area contributed by atoms with E-state index in [1.54, 1.807) is 11.2 Å². The summed E-state index contributed by atoms with van der Waals surface area (Å²) in [5.41, 5.74) is -0.775. The number of hydrogen-bond acceptors (Lipinski definition) is 4. The monoisotopic (exact) mass is 410 g/mol. The zero-order chi connectivity index (χ0) is 21.0. The average molecular weight is 411 g/mol. The maximum atomic E-state index is 13.5. The summed E-state index contributed by atoms with van der Waals surface area (Å²) in [5.74, 6) is 0.861. The van der Waals surface area contributed by atoms with Crippen LogP contribution in [0.5, 0.6) is 0 Å². The van der Waals surface area contributed by atoms with Gasteiger partial charge in [-0.3, -0.25) is 10.2 Å². The molecule has 1 amide bonds. The number of benzene rings is 1. The Labute approximate surface area is 177 Å². The number of hydrogen-bond donors (Lipinski definition) is 3. The molecule has 7 heteroatoms. The largest absolute Gasteiger partial charge is 0.467 e. The molecule has 0 spiro atoms. The lowest BCUT2D eigenvalue weighted by Crippen LogP contribution is -2.58. The van der Waals surface area contributed by atoms with Crippen LogP contribution < -0.4 is 5.32 Å². The molecule has 2 fully saturated rings. The molecule has 7 nitrogen and oxygen atoms in total. The number of carbonyl (C=O) groups is 1. The van der Waals surface area contributed by atoms with Gasteiger partial charge < -0.3 is 24.6 Å². The fourth-order valence-electron chi connectivity index (χ4n) is 4.64. The molecule has 2 heterocycles. The van der Waals surface area contributed by atoms with Crippen molar-refractivity contribution in [2.24, 2.45) is 5.92 Å². The summed E-state index contributed by atoms with van der Waals surface area (Å²) < 4.78 is 5.29. The van der Waals surface area contributed by atoms with Crippen LogP contribution in [-0.2, 0) is 16.9 Å². The third-order valence-electron chi connectivity index (χ3n) is 6.38. The molecule has 30 heavy (non-hydrogen) atoms. The second-order valence-electron chi connectivity index (χ2n) is 8.17. The normalized spacial score (nSPS) is 19.5. The van der Waals surface area contributed by atoms with Crippen molar-refractivity contribution in [2.45, 2.75) is 37.8 Å². The summed E-state index contributed by atoms with van der Waals surface area (Å²) in [7, 11) is 0. The molecule has 4 rings (SSSR count). The Hall–Kier alpha value is -2.80. The molecule has 0 radical (unpaired) electrons. The standard InChI is InChI=1S/C23H30N4O3/c24-22(25-17-20-11-6-16-30-20)27-14-12-26(13-15-27)21(28)23(29,19-9-4-5-10-19)18-7-2-1-3-8-18/h1-3,6-8,11,16,19,29H,4-5,9-10,12-15,17H2,(H2,24,25). The van der Waals surface area contributed by atoms with Gasteiger partial charge in [-0.25, -0.2) is 0 Å². The first-order valence-corrected chi connectivity index (χ1v) is 10.8. The maximum absolute atomic E-state index is 13.5. The van der Waals surface area contributed by atoms with Gasteiger partial charge in [0.2, 0.25) is 0 Å². The Morgan fingerprint density at radius 2 is 1.73 bits per heavy atom. The first-order chi connectivity index (χ1) is 14.6. The number of rotatable bonds is 5. The van der Waals surface area contributed by atoms with Crippen molar-refractivity contribution < 1.29 is 14.3 Å². The van der Waals surface area contributed by atoms with Crippen molar-refractivity contribution >= 4 is 11.9 Å². The van der Waals surface area contributed by atoms with Crippen LogP contribution in [-0.4, -0.2) is 53.0 Å². The molecule has 3 N–H and O–H groups in total. The first-order valence-electron chi connectivity index (χ1n) is 10.8. The summed E-state index contributed by atoms with van der Waals surface area (Å²) in [6, 6.07) is 13.1. The van der Waals surface area contributed by atoms with Crippen molar-refractivity contribution in [3.8, 4) is 0 Å². The molecular formula is C23H30N4O3. The number of carbonyl (C=O) groups excluding carboxylic acids is 1. The highest BCUT2D eigenvalue weighted by atomic mass is 16.3. The summed E-state index contributed by atoms with van der Waals surface area (Å²) in [6.45, 7) is 2.56. The van der Waals surface area contributed by atoms with E-state index in [0.29, 0.717) is 44.2 Å². The van der Waals surface area contributed by atoms with Crippen molar-refractivity contribution in [2.75, 3.05) is 26.2 Å². The summed E-state index contributed by atoms with van der Waals surface area (Å²) >= 11 is 0. The van der Waals surface area contributed by atoms with E-state index in [1.165, 1.54) is 0 Å². The van der Waals surface area contributed by atoms with Gasteiger partial charge in [-0.15, -0.1) is 0 Å². The third kappa shape index (κ3) is 4.07. The molecule has 2 aliphatic rings. The Balaban J connectivity index is 1.40. The van der Waals surface area contributed by atoms with E-state index in [0.717, 1.165) is 31.4 Å². The minimum Gasteiger partial charge on any atom is -0.467 e. The van der Waals surface area contributed by atoms with Crippen LogP contribution in [0.1, 0.15) is 37.0 Å². The van der Waals surface area contributed by atoms with Gasteiger partial charge in [0.15, 0.2) is 11.6 Å². The van der Waals surface area contributed by atoms with Crippen molar-refractivity contribution in [3.05, 3.63) is 60.1 Å². The molecule has 1 saturated heterocycles. The lowest BCUT2D eigenvalue weighted by atomic mass is 9.79. The highest BCUT2D eigenvalue weighted by molar-refractivity contribution is 5.87. The average Bonchev–Trinajstić information content (AvgIpc) is 3.52. The van der Waals surface area contributed by atoms with Crippen LogP contribution >= 0.6 is 0 Å². The molecule has 1 aliphatic heterocycles. The Morgan fingerprint density at radius 3 is 2.37 bits per heavy atom. The molecule has 2 aromatic rings. The molecule has 160 valence electrons. The number of nitrogens with one attached hydrogen (secondary N) is 2. The van der Waals surface area contributed by atoms with Crippen LogP contribution in [0.15, 0.2) is 53.1 Å².